The van der Waals surface area contributed by atoms with Crippen LogP contribution in [-0.4, -0.2) is 48.2 Å². The second-order valence-electron chi connectivity index (χ2n) is 6.34. The van der Waals surface area contributed by atoms with E-state index in [1.165, 1.54) is 11.1 Å². The van der Waals surface area contributed by atoms with Crippen molar-refractivity contribution in [2.45, 2.75) is 12.8 Å². The number of hydrogen-bond acceptors (Lipinski definition) is 8. The predicted octanol–water partition coefficient (Wildman–Crippen LogP) is 5.85. The van der Waals surface area contributed by atoms with Crippen molar-refractivity contribution in [2.75, 3.05) is 13.2 Å². The van der Waals surface area contributed by atoms with Crippen molar-refractivity contribution in [2.24, 2.45) is 0 Å². The molecule has 2 aromatic heterocycles. The number of hydrogen-bond donors (Lipinski definition) is 1. The highest BCUT2D eigenvalue weighted by atomic mass is 35.5. The van der Waals surface area contributed by atoms with Gasteiger partial charge < -0.3 is 9.84 Å². The Hall–Kier alpha value is -2.33. The molecule has 0 fully saturated rings. The lowest BCUT2D eigenvalue weighted by Gasteiger charge is -2.04. The highest BCUT2D eigenvalue weighted by molar-refractivity contribution is 6.33. The zero-order chi connectivity index (χ0) is 25.5. The van der Waals surface area contributed by atoms with Gasteiger partial charge in [-0.15, -0.1) is 0 Å². The summed E-state index contributed by atoms with van der Waals surface area (Å²) < 4.78 is 5.34. The molecule has 0 atom stereocenters. The van der Waals surface area contributed by atoms with Gasteiger partial charge in [-0.2, -0.15) is 29.9 Å². The molecule has 0 bridgehead atoms. The van der Waals surface area contributed by atoms with Crippen LogP contribution >= 0.6 is 58.0 Å². The summed E-state index contributed by atoms with van der Waals surface area (Å²) in [4.78, 5) is 21.6. The lowest BCUT2D eigenvalue weighted by molar-refractivity contribution is 0.295. The Balaban J connectivity index is 0.000000203. The highest BCUT2D eigenvalue weighted by Crippen LogP contribution is 2.12. The van der Waals surface area contributed by atoms with Crippen LogP contribution in [0.5, 0.6) is 6.01 Å². The molecule has 0 saturated carbocycles. The van der Waals surface area contributed by atoms with Crippen molar-refractivity contribution in [3.05, 3.63) is 98.2 Å². The smallest absolute Gasteiger partial charge is 0.322 e. The van der Waals surface area contributed by atoms with Crippen LogP contribution in [0.3, 0.4) is 0 Å². The van der Waals surface area contributed by atoms with Gasteiger partial charge in [0.2, 0.25) is 26.4 Å². The Kier molecular flexibility index (Phi) is 13.5. The highest BCUT2D eigenvalue weighted by Gasteiger charge is 2.04. The molecular weight excluding hydrogens is 558 g/mol. The van der Waals surface area contributed by atoms with E-state index >= 15 is 0 Å². The average molecular weight is 577 g/mol. The minimum atomic E-state index is 0.000000000000000444. The van der Waals surface area contributed by atoms with Crippen LogP contribution in [0.4, 0.5) is 0 Å². The summed E-state index contributed by atoms with van der Waals surface area (Å²) in [6.07, 6.45) is 1.53. The van der Waals surface area contributed by atoms with Crippen LogP contribution in [0.15, 0.2) is 60.7 Å². The molecule has 35 heavy (non-hydrogen) atoms. The zero-order valence-corrected chi connectivity index (χ0v) is 21.8. The quantitative estimate of drug-likeness (QED) is 0.305. The maximum atomic E-state index is 8.52. The number of nitrogens with zero attached hydrogens (tertiary/aromatic N) is 6. The second kappa shape index (κ2) is 16.4. The topological polar surface area (TPSA) is 107 Å². The Morgan fingerprint density at radius 2 is 0.914 bits per heavy atom. The van der Waals surface area contributed by atoms with Crippen molar-refractivity contribution >= 4 is 58.0 Å². The Labute approximate surface area is 227 Å². The molecule has 2 heterocycles. The molecule has 184 valence electrons. The summed E-state index contributed by atoms with van der Waals surface area (Å²) in [7, 11) is 0. The van der Waals surface area contributed by atoms with E-state index in [4.69, 9.17) is 67.8 Å². The molecule has 0 spiro atoms. The van der Waals surface area contributed by atoms with E-state index in [1.54, 1.807) is 0 Å². The summed E-state index contributed by atoms with van der Waals surface area (Å²) in [5, 5.41) is 8.57. The van der Waals surface area contributed by atoms with Gasteiger partial charge in [-0.25, -0.2) is 0 Å². The Morgan fingerprint density at radius 3 is 1.31 bits per heavy atom. The van der Waals surface area contributed by atoms with Gasteiger partial charge in [-0.3, -0.25) is 0 Å². The molecule has 0 amide bonds. The molecule has 1 N–H and O–H groups in total. The molecule has 0 unspecified atom stereocenters. The van der Waals surface area contributed by atoms with Gasteiger partial charge in [0, 0.05) is 13.0 Å². The third-order valence-electron chi connectivity index (χ3n) is 3.82. The minimum absolute atomic E-state index is 0.000000000000000444. The monoisotopic (exact) mass is 574 g/mol. The van der Waals surface area contributed by atoms with E-state index < -0.39 is 0 Å². The minimum Gasteiger partial charge on any atom is -0.463 e. The molecule has 4 rings (SSSR count). The molecule has 2 aromatic carbocycles. The van der Waals surface area contributed by atoms with E-state index in [2.05, 4.69) is 29.9 Å². The van der Waals surface area contributed by atoms with Crippen molar-refractivity contribution in [3.63, 3.8) is 0 Å². The van der Waals surface area contributed by atoms with Crippen LogP contribution in [0.1, 0.15) is 11.1 Å². The standard InChI is InChI=1S/C11H9Cl2N3O.C8H10O.C3Cl3N3/c12-9-14-10(13)16-11(15-9)17-7-6-8-4-2-1-3-5-8;9-7-6-8-4-2-1-3-5-8;4-1-7-2(5)9-3(6)8-1/h1-5H,6-7H2;1-5,9H,6-7H2;. The predicted molar refractivity (Wildman–Crippen MR) is 138 cm³/mol. The average Bonchev–Trinajstić information content (AvgIpc) is 2.80. The fraction of sp³-hybridized carbons (Fsp3) is 0.182. The van der Waals surface area contributed by atoms with E-state index in [9.17, 15) is 0 Å². The number of halogens is 5. The molecule has 13 heteroatoms. The van der Waals surface area contributed by atoms with Crippen molar-refractivity contribution < 1.29 is 9.84 Å². The largest absolute Gasteiger partial charge is 0.463 e. The summed E-state index contributed by atoms with van der Waals surface area (Å²) >= 11 is 27.2. The second-order valence-corrected chi connectivity index (χ2v) is 8.03. The van der Waals surface area contributed by atoms with Crippen LogP contribution in [0, 0.1) is 0 Å². The van der Waals surface area contributed by atoms with Crippen LogP contribution in [0.2, 0.25) is 26.4 Å². The fourth-order valence-electron chi connectivity index (χ4n) is 2.36. The normalized spacial score (nSPS) is 9.89. The molecule has 0 aliphatic rings. The van der Waals surface area contributed by atoms with Crippen LogP contribution in [0.25, 0.3) is 0 Å². The number of ether oxygens (including phenoxy) is 1. The summed E-state index contributed by atoms with van der Waals surface area (Å²) in [5.74, 6) is 0. The van der Waals surface area contributed by atoms with Gasteiger partial charge >= 0.3 is 6.01 Å². The number of rotatable bonds is 6. The summed E-state index contributed by atoms with van der Waals surface area (Å²) in [6.45, 7) is 0.699. The first-order valence-electron chi connectivity index (χ1n) is 9.97. The maximum absolute atomic E-state index is 8.52. The van der Waals surface area contributed by atoms with Crippen LogP contribution < -0.4 is 4.74 Å². The SMILES string of the molecule is Clc1nc(Cl)nc(Cl)n1.Clc1nc(Cl)nc(OCCc2ccccc2)n1.OCCc1ccccc1. The van der Waals surface area contributed by atoms with Crippen molar-refractivity contribution in [1.29, 1.82) is 0 Å². The molecule has 0 aliphatic carbocycles. The lowest BCUT2D eigenvalue weighted by Crippen LogP contribution is -2.05. The van der Waals surface area contributed by atoms with Crippen molar-refractivity contribution in [3.8, 4) is 6.01 Å². The Bertz CT molecular complexity index is 1090. The van der Waals surface area contributed by atoms with E-state index in [-0.39, 0.29) is 39.0 Å². The van der Waals surface area contributed by atoms with Gasteiger partial charge in [-0.1, -0.05) is 60.7 Å². The first-order valence-corrected chi connectivity index (χ1v) is 11.9. The Morgan fingerprint density at radius 1 is 0.543 bits per heavy atom. The number of aliphatic hydroxyl groups excluding tert-OH is 1. The number of benzene rings is 2. The fourth-order valence-corrected chi connectivity index (χ4v) is 3.31. The molecule has 4 aromatic rings. The number of aromatic nitrogens is 6. The summed E-state index contributed by atoms with van der Waals surface area (Å²) in [6, 6.07) is 20.1. The van der Waals surface area contributed by atoms with Gasteiger partial charge in [-0.05, 0) is 75.6 Å². The molecule has 0 aliphatic heterocycles. The van der Waals surface area contributed by atoms with Gasteiger partial charge in [0.05, 0.1) is 6.61 Å². The zero-order valence-electron chi connectivity index (χ0n) is 18.0. The summed E-state index contributed by atoms with van der Waals surface area (Å²) in [5.41, 5.74) is 2.37. The molecule has 8 nitrogen and oxygen atoms in total. The van der Waals surface area contributed by atoms with E-state index in [0.717, 1.165) is 12.8 Å². The number of aliphatic hydroxyl groups is 1. The van der Waals surface area contributed by atoms with E-state index in [1.807, 2.05) is 60.7 Å². The molecular formula is C22H19Cl5N6O2. The third kappa shape index (κ3) is 12.8. The van der Waals surface area contributed by atoms with Gasteiger partial charge in [0.1, 0.15) is 0 Å². The lowest BCUT2D eigenvalue weighted by atomic mass is 10.2. The first-order chi connectivity index (χ1) is 16.9. The molecule has 0 saturated heterocycles. The van der Waals surface area contributed by atoms with Gasteiger partial charge in [0.25, 0.3) is 0 Å². The van der Waals surface area contributed by atoms with Crippen molar-refractivity contribution in [1.82, 2.24) is 29.9 Å². The van der Waals surface area contributed by atoms with E-state index in [0.29, 0.717) is 6.61 Å². The first kappa shape index (κ1) is 28.9. The third-order valence-corrected chi connectivity index (χ3v) is 4.67. The maximum Gasteiger partial charge on any atom is 0.322 e. The van der Waals surface area contributed by atoms with Gasteiger partial charge in [0.15, 0.2) is 0 Å². The molecule has 0 radical (unpaired) electrons. The van der Waals surface area contributed by atoms with Crippen LogP contribution in [-0.2, 0) is 12.8 Å².